The van der Waals surface area contributed by atoms with E-state index in [1.54, 1.807) is 0 Å². The number of benzene rings is 3. The number of nitrogens with one attached hydrogen (secondary N) is 1. The lowest BCUT2D eigenvalue weighted by Crippen LogP contribution is -2.45. The van der Waals surface area contributed by atoms with Crippen LogP contribution in [0.5, 0.6) is 0 Å². The van der Waals surface area contributed by atoms with Gasteiger partial charge >= 0.3 is 6.03 Å². The number of rotatable bonds is 9. The summed E-state index contributed by atoms with van der Waals surface area (Å²) in [5, 5.41) is 3.43. The summed E-state index contributed by atoms with van der Waals surface area (Å²) in [5.41, 5.74) is 7.61. The first kappa shape index (κ1) is 28.0. The second-order valence-corrected chi connectivity index (χ2v) is 11.7. The van der Waals surface area contributed by atoms with E-state index in [1.807, 2.05) is 0 Å². The molecule has 2 amide bonds. The van der Waals surface area contributed by atoms with Crippen LogP contribution < -0.4 is 5.32 Å². The third kappa shape index (κ3) is 6.87. The molecule has 0 bridgehead atoms. The van der Waals surface area contributed by atoms with E-state index >= 15 is 0 Å². The van der Waals surface area contributed by atoms with Gasteiger partial charge in [-0.2, -0.15) is 0 Å². The quantitative estimate of drug-likeness (QED) is 0.305. The molecule has 1 N–H and O–H groups in total. The highest BCUT2D eigenvalue weighted by atomic mass is 16.2. The van der Waals surface area contributed by atoms with Crippen LogP contribution in [0.4, 0.5) is 10.5 Å². The van der Waals surface area contributed by atoms with Gasteiger partial charge in [-0.1, -0.05) is 100 Å². The van der Waals surface area contributed by atoms with E-state index in [0.717, 1.165) is 50.8 Å². The minimum atomic E-state index is 0.0629. The molecule has 0 aromatic heterocycles. The van der Waals surface area contributed by atoms with Crippen LogP contribution in [-0.2, 0) is 6.42 Å². The molecule has 3 nitrogen and oxygen atoms in total. The molecule has 0 aliphatic heterocycles. The topological polar surface area (TPSA) is 32.3 Å². The van der Waals surface area contributed by atoms with Gasteiger partial charge in [0, 0.05) is 18.3 Å². The van der Waals surface area contributed by atoms with Crippen molar-refractivity contribution in [2.24, 2.45) is 0 Å². The van der Waals surface area contributed by atoms with Crippen molar-refractivity contribution in [2.75, 3.05) is 11.9 Å². The summed E-state index contributed by atoms with van der Waals surface area (Å²) in [6.07, 6.45) is 6.35. The van der Waals surface area contributed by atoms with Gasteiger partial charge in [-0.05, 0) is 91.0 Å². The van der Waals surface area contributed by atoms with Crippen LogP contribution in [0.3, 0.4) is 0 Å². The zero-order chi connectivity index (χ0) is 27.1. The number of amides is 2. The van der Waals surface area contributed by atoms with E-state index in [1.165, 1.54) is 27.8 Å². The molecule has 1 fully saturated rings. The van der Waals surface area contributed by atoms with Gasteiger partial charge in [0.2, 0.25) is 0 Å². The van der Waals surface area contributed by atoms with Crippen LogP contribution in [0, 0.1) is 6.92 Å². The number of carbonyl (C=O) groups excluding carboxylic acids is 1. The molecule has 3 heteroatoms. The average molecular weight is 511 g/mol. The predicted molar refractivity (Wildman–Crippen MR) is 161 cm³/mol. The van der Waals surface area contributed by atoms with E-state index in [0.29, 0.717) is 17.8 Å². The molecule has 0 unspecified atom stereocenters. The Balaban J connectivity index is 1.53. The van der Waals surface area contributed by atoms with Gasteiger partial charge in [-0.3, -0.25) is 0 Å². The van der Waals surface area contributed by atoms with Gasteiger partial charge in [0.05, 0.1) is 0 Å². The highest BCUT2D eigenvalue weighted by molar-refractivity contribution is 5.91. The molecular weight excluding hydrogens is 464 g/mol. The van der Waals surface area contributed by atoms with Gasteiger partial charge < -0.3 is 10.2 Å². The summed E-state index contributed by atoms with van der Waals surface area (Å²) in [5.74, 6) is 1.29. The largest absolute Gasteiger partial charge is 0.322 e. The number of anilines is 1. The summed E-state index contributed by atoms with van der Waals surface area (Å²) in [4.78, 5) is 16.2. The Hall–Kier alpha value is -3.07. The Labute approximate surface area is 230 Å². The minimum Gasteiger partial charge on any atom is -0.322 e. The van der Waals surface area contributed by atoms with Crippen LogP contribution in [0.15, 0.2) is 72.8 Å². The number of aryl methyl sites for hydroxylation is 2. The van der Waals surface area contributed by atoms with Crippen molar-refractivity contribution >= 4 is 11.7 Å². The molecule has 0 atom stereocenters. The average Bonchev–Trinajstić information content (AvgIpc) is 2.92. The van der Waals surface area contributed by atoms with Gasteiger partial charge in [-0.25, -0.2) is 4.79 Å². The smallest absolute Gasteiger partial charge is 0.322 e. The van der Waals surface area contributed by atoms with Gasteiger partial charge in [0.1, 0.15) is 0 Å². The van der Waals surface area contributed by atoms with Gasteiger partial charge in [0.25, 0.3) is 0 Å². The molecule has 0 heterocycles. The van der Waals surface area contributed by atoms with Crippen molar-refractivity contribution in [3.63, 3.8) is 0 Å². The summed E-state index contributed by atoms with van der Waals surface area (Å²) >= 11 is 0. The third-order valence-corrected chi connectivity index (χ3v) is 8.38. The molecule has 0 spiro atoms. The Morgan fingerprint density at radius 3 is 2.03 bits per heavy atom. The van der Waals surface area contributed by atoms with Crippen molar-refractivity contribution in [3.05, 3.63) is 101 Å². The van der Waals surface area contributed by atoms with E-state index in [2.05, 4.69) is 118 Å². The lowest BCUT2D eigenvalue weighted by Gasteiger charge is -2.37. The number of nitrogens with zero attached hydrogens (tertiary/aromatic N) is 1. The van der Waals surface area contributed by atoms with E-state index in [9.17, 15) is 4.79 Å². The summed E-state index contributed by atoms with van der Waals surface area (Å²) in [6.45, 7) is 11.8. The zero-order valence-electron chi connectivity index (χ0n) is 24.0. The summed E-state index contributed by atoms with van der Waals surface area (Å²) in [7, 11) is 0. The molecule has 0 saturated heterocycles. The predicted octanol–water partition coefficient (Wildman–Crippen LogP) is 9.43. The zero-order valence-corrected chi connectivity index (χ0v) is 24.0. The van der Waals surface area contributed by atoms with E-state index in [4.69, 9.17) is 0 Å². The number of urea groups is 1. The number of para-hydroxylation sites is 1. The van der Waals surface area contributed by atoms with E-state index in [-0.39, 0.29) is 12.1 Å². The number of hydrogen-bond donors (Lipinski definition) is 1. The van der Waals surface area contributed by atoms with Crippen molar-refractivity contribution < 1.29 is 4.79 Å². The summed E-state index contributed by atoms with van der Waals surface area (Å²) in [6, 6.07) is 26.3. The first-order valence-electron chi connectivity index (χ1n) is 14.6. The standard InChI is InChI=1S/C35H46N2O/c1-25(2)32-18-11-19-33(26(3)4)34(32)36-35(38)37(24-12-17-28-14-10-9-13-27(28)5)31-22-20-30(21-23-31)29-15-7-6-8-16-29/h6-11,13-16,18-19,25-26,30-31H,12,17,20-24H2,1-5H3,(H,36,38)/t30-,31-. The Morgan fingerprint density at radius 2 is 1.42 bits per heavy atom. The number of hydrogen-bond acceptors (Lipinski definition) is 1. The van der Waals surface area contributed by atoms with Crippen LogP contribution in [0.2, 0.25) is 0 Å². The molecule has 3 aromatic rings. The van der Waals surface area contributed by atoms with Crippen molar-refractivity contribution in [1.29, 1.82) is 0 Å². The highest BCUT2D eigenvalue weighted by Crippen LogP contribution is 2.36. The highest BCUT2D eigenvalue weighted by Gasteiger charge is 2.30. The first-order chi connectivity index (χ1) is 18.3. The Bertz CT molecular complexity index is 1150. The second kappa shape index (κ2) is 13.1. The molecule has 1 aliphatic carbocycles. The van der Waals surface area contributed by atoms with Crippen LogP contribution in [-0.4, -0.2) is 23.5 Å². The monoisotopic (exact) mass is 510 g/mol. The minimum absolute atomic E-state index is 0.0629. The second-order valence-electron chi connectivity index (χ2n) is 11.7. The van der Waals surface area contributed by atoms with E-state index < -0.39 is 0 Å². The molecule has 202 valence electrons. The Kier molecular flexibility index (Phi) is 9.66. The number of carbonyl (C=O) groups is 1. The van der Waals surface area contributed by atoms with Crippen LogP contribution in [0.1, 0.15) is 105 Å². The Morgan fingerprint density at radius 1 is 0.816 bits per heavy atom. The fourth-order valence-electron chi connectivity index (χ4n) is 6.10. The maximum absolute atomic E-state index is 14.0. The van der Waals surface area contributed by atoms with Crippen molar-refractivity contribution in [3.8, 4) is 0 Å². The molecule has 1 aliphatic rings. The van der Waals surface area contributed by atoms with Crippen LogP contribution in [0.25, 0.3) is 0 Å². The molecule has 3 aromatic carbocycles. The molecule has 38 heavy (non-hydrogen) atoms. The molecule has 0 radical (unpaired) electrons. The maximum Gasteiger partial charge on any atom is 0.322 e. The van der Waals surface area contributed by atoms with Gasteiger partial charge in [0.15, 0.2) is 0 Å². The maximum atomic E-state index is 14.0. The van der Waals surface area contributed by atoms with Gasteiger partial charge in [-0.15, -0.1) is 0 Å². The lowest BCUT2D eigenvalue weighted by molar-refractivity contribution is 0.161. The molecule has 1 saturated carbocycles. The molecular formula is C35H46N2O. The normalized spacial score (nSPS) is 17.6. The van der Waals surface area contributed by atoms with Crippen molar-refractivity contribution in [1.82, 2.24) is 4.90 Å². The lowest BCUT2D eigenvalue weighted by atomic mass is 9.81. The third-order valence-electron chi connectivity index (χ3n) is 8.38. The SMILES string of the molecule is Cc1ccccc1CCCN(C(=O)Nc1c(C(C)C)cccc1C(C)C)[C@H]1CC[C@H](c2ccccc2)CC1. The fourth-order valence-corrected chi connectivity index (χ4v) is 6.10. The fraction of sp³-hybridized carbons (Fsp3) is 0.457. The van der Waals surface area contributed by atoms with Crippen molar-refractivity contribution in [2.45, 2.75) is 96.9 Å². The summed E-state index contributed by atoms with van der Waals surface area (Å²) < 4.78 is 0. The molecule has 4 rings (SSSR count). The first-order valence-corrected chi connectivity index (χ1v) is 14.6. The van der Waals surface area contributed by atoms with Crippen LogP contribution >= 0.6 is 0 Å².